The summed E-state index contributed by atoms with van der Waals surface area (Å²) in [5.74, 6) is -0.665. The molecule has 1 N–H and O–H groups in total. The minimum atomic E-state index is -3.00. The molecule has 1 atom stereocenters. The molecule has 0 aliphatic rings. The van der Waals surface area contributed by atoms with Crippen molar-refractivity contribution in [3.8, 4) is 5.75 Å². The van der Waals surface area contributed by atoms with E-state index in [1.807, 2.05) is 27.0 Å². The number of carbonyl (C=O) groups is 1. The lowest BCUT2D eigenvalue weighted by molar-refractivity contribution is -0.0501. The first kappa shape index (κ1) is 18.4. The van der Waals surface area contributed by atoms with Gasteiger partial charge in [0.05, 0.1) is 17.3 Å². The molecule has 0 aliphatic carbocycles. The van der Waals surface area contributed by atoms with Gasteiger partial charge in [-0.15, -0.1) is 0 Å². The van der Waals surface area contributed by atoms with Crippen LogP contribution in [0.5, 0.6) is 5.75 Å². The summed E-state index contributed by atoms with van der Waals surface area (Å²) in [6.45, 7) is 3.36. The minimum Gasteiger partial charge on any atom is -0.434 e. The molecule has 0 fully saturated rings. The van der Waals surface area contributed by atoms with Gasteiger partial charge in [-0.1, -0.05) is 15.9 Å². The molecule has 1 heterocycles. The van der Waals surface area contributed by atoms with E-state index in [1.165, 1.54) is 18.2 Å². The first-order chi connectivity index (χ1) is 11.3. The zero-order valence-electron chi connectivity index (χ0n) is 13.5. The molecular formula is C16H18BrF2N3O2. The lowest BCUT2D eigenvalue weighted by atomic mass is 10.1. The SMILES string of the molecule is CCn1cc(C(C)NC(=O)c2cc(Br)ccc2OC(F)F)c(C)n1. The van der Waals surface area contributed by atoms with E-state index in [1.54, 1.807) is 4.68 Å². The predicted octanol–water partition coefficient (Wildman–Crippen LogP) is 4.07. The second-order valence-corrected chi connectivity index (χ2v) is 6.16. The molecule has 0 aliphatic heterocycles. The number of hydrogen-bond donors (Lipinski definition) is 1. The molecular weight excluding hydrogens is 384 g/mol. The summed E-state index contributed by atoms with van der Waals surface area (Å²) in [7, 11) is 0. The van der Waals surface area contributed by atoms with Crippen molar-refractivity contribution in [3.63, 3.8) is 0 Å². The summed E-state index contributed by atoms with van der Waals surface area (Å²) in [6.07, 6.45) is 1.86. The Morgan fingerprint density at radius 1 is 1.46 bits per heavy atom. The van der Waals surface area contributed by atoms with Gasteiger partial charge in [0, 0.05) is 22.8 Å². The van der Waals surface area contributed by atoms with E-state index in [4.69, 9.17) is 0 Å². The van der Waals surface area contributed by atoms with Crippen LogP contribution in [0.15, 0.2) is 28.9 Å². The molecule has 8 heteroatoms. The maximum Gasteiger partial charge on any atom is 0.387 e. The van der Waals surface area contributed by atoms with Gasteiger partial charge in [0.25, 0.3) is 5.91 Å². The Balaban J connectivity index is 2.22. The Labute approximate surface area is 147 Å². The van der Waals surface area contributed by atoms with Crippen molar-refractivity contribution in [3.05, 3.63) is 45.7 Å². The van der Waals surface area contributed by atoms with Crippen LogP contribution in [0, 0.1) is 6.92 Å². The number of aryl methyl sites for hydroxylation is 2. The quantitative estimate of drug-likeness (QED) is 0.793. The molecule has 24 heavy (non-hydrogen) atoms. The van der Waals surface area contributed by atoms with Crippen molar-refractivity contribution in [1.29, 1.82) is 0 Å². The second-order valence-electron chi connectivity index (χ2n) is 5.24. The summed E-state index contributed by atoms with van der Waals surface area (Å²) >= 11 is 3.23. The van der Waals surface area contributed by atoms with Gasteiger partial charge >= 0.3 is 6.61 Å². The monoisotopic (exact) mass is 401 g/mol. The Morgan fingerprint density at radius 3 is 2.75 bits per heavy atom. The summed E-state index contributed by atoms with van der Waals surface area (Å²) in [5.41, 5.74) is 1.72. The van der Waals surface area contributed by atoms with Crippen LogP contribution in [-0.2, 0) is 6.54 Å². The molecule has 1 unspecified atom stereocenters. The number of nitrogens with zero attached hydrogens (tertiary/aromatic N) is 2. The van der Waals surface area contributed by atoms with Gasteiger partial charge in [0.15, 0.2) is 0 Å². The van der Waals surface area contributed by atoms with Crippen LogP contribution >= 0.6 is 15.9 Å². The molecule has 1 aromatic carbocycles. The summed E-state index contributed by atoms with van der Waals surface area (Å²) in [6, 6.07) is 3.99. The highest BCUT2D eigenvalue weighted by atomic mass is 79.9. The number of nitrogens with one attached hydrogen (secondary N) is 1. The average molecular weight is 402 g/mol. The fourth-order valence-corrected chi connectivity index (χ4v) is 2.71. The highest BCUT2D eigenvalue weighted by Gasteiger charge is 2.20. The van der Waals surface area contributed by atoms with Crippen molar-refractivity contribution in [2.24, 2.45) is 0 Å². The Morgan fingerprint density at radius 2 is 2.17 bits per heavy atom. The third-order valence-corrected chi connectivity index (χ3v) is 4.02. The van der Waals surface area contributed by atoms with Gasteiger partial charge in [0.1, 0.15) is 5.75 Å². The zero-order chi connectivity index (χ0) is 17.9. The molecule has 2 rings (SSSR count). The number of hydrogen-bond acceptors (Lipinski definition) is 3. The lowest BCUT2D eigenvalue weighted by Gasteiger charge is -2.16. The topological polar surface area (TPSA) is 56.2 Å². The van der Waals surface area contributed by atoms with Gasteiger partial charge in [-0.25, -0.2) is 0 Å². The number of rotatable bonds is 6. The third-order valence-electron chi connectivity index (χ3n) is 3.52. The molecule has 0 radical (unpaired) electrons. The van der Waals surface area contributed by atoms with Gasteiger partial charge in [0.2, 0.25) is 0 Å². The molecule has 1 amide bonds. The molecule has 5 nitrogen and oxygen atoms in total. The zero-order valence-corrected chi connectivity index (χ0v) is 15.1. The fraction of sp³-hybridized carbons (Fsp3) is 0.375. The normalized spacial score (nSPS) is 12.3. The van der Waals surface area contributed by atoms with Gasteiger partial charge in [-0.05, 0) is 39.0 Å². The molecule has 0 spiro atoms. The van der Waals surface area contributed by atoms with Crippen LogP contribution in [-0.4, -0.2) is 22.3 Å². The minimum absolute atomic E-state index is 0.0389. The first-order valence-electron chi connectivity index (χ1n) is 7.41. The molecule has 0 saturated carbocycles. The summed E-state index contributed by atoms with van der Waals surface area (Å²) < 4.78 is 31.8. The number of aromatic nitrogens is 2. The van der Waals surface area contributed by atoms with Crippen LogP contribution < -0.4 is 10.1 Å². The van der Waals surface area contributed by atoms with E-state index in [0.29, 0.717) is 4.47 Å². The van der Waals surface area contributed by atoms with E-state index in [0.717, 1.165) is 17.8 Å². The van der Waals surface area contributed by atoms with Crippen molar-refractivity contribution in [1.82, 2.24) is 15.1 Å². The van der Waals surface area contributed by atoms with Gasteiger partial charge in [-0.3, -0.25) is 9.48 Å². The van der Waals surface area contributed by atoms with E-state index >= 15 is 0 Å². The number of amides is 1. The van der Waals surface area contributed by atoms with Crippen LogP contribution in [0.4, 0.5) is 8.78 Å². The van der Waals surface area contributed by atoms with Crippen LogP contribution in [0.2, 0.25) is 0 Å². The highest BCUT2D eigenvalue weighted by molar-refractivity contribution is 9.10. The van der Waals surface area contributed by atoms with Crippen molar-refractivity contribution in [2.45, 2.75) is 40.0 Å². The van der Waals surface area contributed by atoms with Gasteiger partial charge < -0.3 is 10.1 Å². The number of halogens is 3. The summed E-state index contributed by atoms with van der Waals surface area (Å²) in [5, 5.41) is 7.13. The van der Waals surface area contributed by atoms with E-state index in [9.17, 15) is 13.6 Å². The Hall–Kier alpha value is -1.96. The predicted molar refractivity (Wildman–Crippen MR) is 89.3 cm³/mol. The number of alkyl halides is 2. The van der Waals surface area contributed by atoms with Crippen LogP contribution in [0.25, 0.3) is 0 Å². The van der Waals surface area contributed by atoms with E-state index in [2.05, 4.69) is 31.1 Å². The van der Waals surface area contributed by atoms with E-state index < -0.39 is 12.5 Å². The third kappa shape index (κ3) is 4.31. The molecule has 1 aromatic heterocycles. The van der Waals surface area contributed by atoms with Crippen LogP contribution in [0.1, 0.15) is 41.5 Å². The Kier molecular flexibility index (Phi) is 5.93. The molecule has 2 aromatic rings. The van der Waals surface area contributed by atoms with Crippen molar-refractivity contribution >= 4 is 21.8 Å². The molecule has 130 valence electrons. The van der Waals surface area contributed by atoms with E-state index in [-0.39, 0.29) is 17.4 Å². The largest absolute Gasteiger partial charge is 0.434 e. The maximum atomic E-state index is 12.5. The summed E-state index contributed by atoms with van der Waals surface area (Å²) in [4.78, 5) is 12.5. The smallest absolute Gasteiger partial charge is 0.387 e. The average Bonchev–Trinajstić information content (AvgIpc) is 2.89. The molecule has 0 saturated heterocycles. The fourth-order valence-electron chi connectivity index (χ4n) is 2.35. The van der Waals surface area contributed by atoms with Crippen LogP contribution in [0.3, 0.4) is 0 Å². The lowest BCUT2D eigenvalue weighted by Crippen LogP contribution is -2.27. The van der Waals surface area contributed by atoms with Crippen molar-refractivity contribution in [2.75, 3.05) is 0 Å². The maximum absolute atomic E-state index is 12.5. The number of carbonyl (C=O) groups excluding carboxylic acids is 1. The highest BCUT2D eigenvalue weighted by Crippen LogP contribution is 2.26. The standard InChI is InChI=1S/C16H18BrF2N3O2/c1-4-22-8-13(10(3)21-22)9(2)20-15(23)12-7-11(17)5-6-14(12)24-16(18)19/h5-9,16H,4H2,1-3H3,(H,20,23). The van der Waals surface area contributed by atoms with Crippen molar-refractivity contribution < 1.29 is 18.3 Å². The number of ether oxygens (including phenoxy) is 1. The Bertz CT molecular complexity index is 734. The second kappa shape index (κ2) is 7.74. The van der Waals surface area contributed by atoms with Gasteiger partial charge in [-0.2, -0.15) is 13.9 Å². The first-order valence-corrected chi connectivity index (χ1v) is 8.20. The number of benzene rings is 1. The molecule has 0 bridgehead atoms.